The number of carbonyl (C=O) groups excluding carboxylic acids is 1. The highest BCUT2D eigenvalue weighted by molar-refractivity contribution is 7.12. The van der Waals surface area contributed by atoms with Crippen molar-refractivity contribution in [3.63, 3.8) is 0 Å². The number of anilines is 1. The molecule has 1 aromatic heterocycles. The number of thiophene rings is 1. The van der Waals surface area contributed by atoms with E-state index in [1.54, 1.807) is 18.2 Å². The van der Waals surface area contributed by atoms with Crippen LogP contribution >= 0.6 is 22.9 Å². The predicted octanol–water partition coefficient (Wildman–Crippen LogP) is 5.06. The van der Waals surface area contributed by atoms with Crippen molar-refractivity contribution in [3.05, 3.63) is 51.4 Å². The average Bonchev–Trinajstić information content (AvgIpc) is 3.12. The molecule has 0 spiro atoms. The molecule has 3 nitrogen and oxygen atoms in total. The van der Waals surface area contributed by atoms with Gasteiger partial charge in [0.1, 0.15) is 10.7 Å². The predicted molar refractivity (Wildman–Crippen MR) is 105 cm³/mol. The molecule has 2 aromatic rings. The Bertz CT molecular complexity index is 837. The third-order valence-electron chi connectivity index (χ3n) is 5.62. The summed E-state index contributed by atoms with van der Waals surface area (Å²) in [5, 5.41) is 2.39. The fourth-order valence-corrected chi connectivity index (χ4v) is 5.79. The van der Waals surface area contributed by atoms with Crippen molar-refractivity contribution < 1.29 is 9.18 Å². The molecule has 2 aliphatic rings. The summed E-state index contributed by atoms with van der Waals surface area (Å²) < 4.78 is 13.8. The molecular weight excluding hydrogens is 371 g/mol. The Kier molecular flexibility index (Phi) is 4.48. The number of amides is 1. The third kappa shape index (κ3) is 3.01. The van der Waals surface area contributed by atoms with Crippen LogP contribution in [0.4, 0.5) is 10.1 Å². The van der Waals surface area contributed by atoms with Gasteiger partial charge in [0.05, 0.1) is 5.02 Å². The fourth-order valence-electron chi connectivity index (χ4n) is 4.69. The molecule has 0 radical (unpaired) electrons. The highest BCUT2D eigenvalue weighted by atomic mass is 35.5. The van der Waals surface area contributed by atoms with Crippen molar-refractivity contribution in [3.8, 4) is 0 Å². The van der Waals surface area contributed by atoms with E-state index in [0.29, 0.717) is 28.4 Å². The van der Waals surface area contributed by atoms with Gasteiger partial charge in [-0.05, 0) is 62.3 Å². The molecule has 4 rings (SSSR count). The number of likely N-dealkylation sites (tertiary alicyclic amines) is 1. The summed E-state index contributed by atoms with van der Waals surface area (Å²) in [7, 11) is 0. The molecule has 1 aromatic carbocycles. The molecule has 0 unspecified atom stereocenters. The molecule has 0 aliphatic carbocycles. The number of hydrogen-bond donors (Lipinski definition) is 0. The first-order chi connectivity index (χ1) is 12.4. The van der Waals surface area contributed by atoms with Crippen LogP contribution in [-0.2, 0) is 0 Å². The standard InChI is InChI=1S/C20H22ClFN2OS/c1-20(2)11-13-12-23(19(25)18-16(21)7-9-26-18)8-6-17(13)24(20)15-5-3-4-14(22)10-15/h3-5,7,9-10,13,17H,6,8,11-12H2,1-2H3/t13-,17+/m1/s1. The minimum atomic E-state index is -0.207. The maximum absolute atomic E-state index is 13.8. The fraction of sp³-hybridized carbons (Fsp3) is 0.450. The van der Waals surface area contributed by atoms with Gasteiger partial charge in [-0.25, -0.2) is 4.39 Å². The van der Waals surface area contributed by atoms with Crippen molar-refractivity contribution in [2.24, 2.45) is 5.92 Å². The van der Waals surface area contributed by atoms with Crippen molar-refractivity contribution in [1.82, 2.24) is 4.90 Å². The van der Waals surface area contributed by atoms with Crippen LogP contribution < -0.4 is 4.90 Å². The van der Waals surface area contributed by atoms with E-state index in [0.717, 1.165) is 25.1 Å². The Balaban J connectivity index is 1.57. The van der Waals surface area contributed by atoms with E-state index in [4.69, 9.17) is 11.6 Å². The van der Waals surface area contributed by atoms with Gasteiger partial charge in [-0.2, -0.15) is 0 Å². The van der Waals surface area contributed by atoms with Gasteiger partial charge in [-0.3, -0.25) is 4.79 Å². The second-order valence-electron chi connectivity index (χ2n) is 7.83. The maximum atomic E-state index is 13.8. The molecule has 3 heterocycles. The molecule has 0 saturated carbocycles. The smallest absolute Gasteiger partial charge is 0.265 e. The van der Waals surface area contributed by atoms with E-state index in [1.807, 2.05) is 16.3 Å². The molecule has 1 amide bonds. The topological polar surface area (TPSA) is 23.6 Å². The van der Waals surface area contributed by atoms with Crippen LogP contribution in [0.15, 0.2) is 35.7 Å². The minimum absolute atomic E-state index is 0.0328. The van der Waals surface area contributed by atoms with Gasteiger partial charge in [-0.1, -0.05) is 17.7 Å². The van der Waals surface area contributed by atoms with E-state index in [9.17, 15) is 9.18 Å². The Hall–Kier alpha value is -1.59. The normalized spacial score (nSPS) is 24.6. The third-order valence-corrected chi connectivity index (χ3v) is 6.95. The number of halogens is 2. The monoisotopic (exact) mass is 392 g/mol. The van der Waals surface area contributed by atoms with E-state index in [1.165, 1.54) is 17.4 Å². The lowest BCUT2D eigenvalue weighted by Crippen LogP contribution is -2.50. The van der Waals surface area contributed by atoms with Crippen LogP contribution in [0.5, 0.6) is 0 Å². The van der Waals surface area contributed by atoms with Gasteiger partial charge in [0.15, 0.2) is 0 Å². The SMILES string of the molecule is CC1(C)C[C@@H]2CN(C(=O)c3sccc3Cl)CC[C@@H]2N1c1cccc(F)c1. The second-order valence-corrected chi connectivity index (χ2v) is 9.15. The number of nitrogens with zero attached hydrogens (tertiary/aromatic N) is 2. The van der Waals surface area contributed by atoms with Crippen molar-refractivity contribution in [2.75, 3.05) is 18.0 Å². The van der Waals surface area contributed by atoms with Gasteiger partial charge in [-0.15, -0.1) is 11.3 Å². The van der Waals surface area contributed by atoms with Crippen molar-refractivity contribution in [1.29, 1.82) is 0 Å². The summed E-state index contributed by atoms with van der Waals surface area (Å²) in [6.45, 7) is 5.85. The Morgan fingerprint density at radius 3 is 2.85 bits per heavy atom. The van der Waals surface area contributed by atoms with Crippen LogP contribution in [0.1, 0.15) is 36.4 Å². The molecule has 6 heteroatoms. The highest BCUT2D eigenvalue weighted by Crippen LogP contribution is 2.45. The number of hydrogen-bond acceptors (Lipinski definition) is 3. The highest BCUT2D eigenvalue weighted by Gasteiger charge is 2.48. The van der Waals surface area contributed by atoms with Gasteiger partial charge >= 0.3 is 0 Å². The summed E-state index contributed by atoms with van der Waals surface area (Å²) in [5.41, 5.74) is 0.867. The largest absolute Gasteiger partial charge is 0.363 e. The van der Waals surface area contributed by atoms with Gasteiger partial charge < -0.3 is 9.80 Å². The van der Waals surface area contributed by atoms with Crippen LogP contribution in [0.2, 0.25) is 5.02 Å². The molecule has 2 fully saturated rings. The van der Waals surface area contributed by atoms with Crippen LogP contribution in [-0.4, -0.2) is 35.5 Å². The van der Waals surface area contributed by atoms with Gasteiger partial charge in [0, 0.05) is 30.4 Å². The van der Waals surface area contributed by atoms with Crippen LogP contribution in [0, 0.1) is 11.7 Å². The summed E-state index contributed by atoms with van der Waals surface area (Å²) in [6, 6.07) is 8.95. The number of piperidine rings is 1. The first kappa shape index (κ1) is 17.8. The number of fused-ring (bicyclic) bond motifs is 1. The van der Waals surface area contributed by atoms with Crippen molar-refractivity contribution >= 4 is 34.5 Å². The lowest BCUT2D eigenvalue weighted by atomic mass is 9.89. The zero-order valence-electron chi connectivity index (χ0n) is 14.9. The van der Waals surface area contributed by atoms with Crippen LogP contribution in [0.3, 0.4) is 0 Å². The van der Waals surface area contributed by atoms with E-state index >= 15 is 0 Å². The van der Waals surface area contributed by atoms with E-state index in [2.05, 4.69) is 18.7 Å². The van der Waals surface area contributed by atoms with E-state index in [-0.39, 0.29) is 17.3 Å². The number of rotatable bonds is 2. The Morgan fingerprint density at radius 1 is 1.35 bits per heavy atom. The van der Waals surface area contributed by atoms with Crippen molar-refractivity contribution in [2.45, 2.75) is 38.3 Å². The summed E-state index contributed by atoms with van der Waals surface area (Å²) in [4.78, 5) is 17.7. The molecule has 26 heavy (non-hydrogen) atoms. The molecule has 2 atom stereocenters. The molecule has 0 bridgehead atoms. The molecule has 2 saturated heterocycles. The zero-order valence-corrected chi connectivity index (χ0v) is 16.5. The Labute approximate surface area is 162 Å². The van der Waals surface area contributed by atoms with Crippen LogP contribution in [0.25, 0.3) is 0 Å². The van der Waals surface area contributed by atoms with E-state index < -0.39 is 0 Å². The summed E-state index contributed by atoms with van der Waals surface area (Å²) >= 11 is 7.55. The quantitative estimate of drug-likeness (QED) is 0.713. The number of benzene rings is 1. The average molecular weight is 393 g/mol. The number of carbonyl (C=O) groups is 1. The first-order valence-electron chi connectivity index (χ1n) is 8.94. The molecule has 2 aliphatic heterocycles. The Morgan fingerprint density at radius 2 is 2.15 bits per heavy atom. The maximum Gasteiger partial charge on any atom is 0.265 e. The minimum Gasteiger partial charge on any atom is -0.363 e. The lowest BCUT2D eigenvalue weighted by molar-refractivity contribution is 0.0672. The molecule has 138 valence electrons. The molecular formula is C20H22ClFN2OS. The lowest BCUT2D eigenvalue weighted by Gasteiger charge is -2.41. The van der Waals surface area contributed by atoms with Gasteiger partial charge in [0.2, 0.25) is 0 Å². The zero-order chi connectivity index (χ0) is 18.5. The molecule has 0 N–H and O–H groups in total. The van der Waals surface area contributed by atoms with Gasteiger partial charge in [0.25, 0.3) is 5.91 Å². The summed E-state index contributed by atoms with van der Waals surface area (Å²) in [5.74, 6) is 0.205. The summed E-state index contributed by atoms with van der Waals surface area (Å²) in [6.07, 6.45) is 1.87. The first-order valence-corrected chi connectivity index (χ1v) is 10.2. The second kappa shape index (κ2) is 6.54.